The highest BCUT2D eigenvalue weighted by atomic mass is 35.5. The average Bonchev–Trinajstić information content (AvgIpc) is 2.70. The van der Waals surface area contributed by atoms with Crippen LogP contribution in [-0.4, -0.2) is 20.6 Å². The van der Waals surface area contributed by atoms with Gasteiger partial charge in [0.25, 0.3) is 0 Å². The van der Waals surface area contributed by atoms with Crippen molar-refractivity contribution in [1.82, 2.24) is 0 Å². The predicted molar refractivity (Wildman–Crippen MR) is 129 cm³/mol. The van der Waals surface area contributed by atoms with Crippen molar-refractivity contribution < 1.29 is 13.2 Å². The lowest BCUT2D eigenvalue weighted by atomic mass is 10.0. The van der Waals surface area contributed by atoms with Crippen molar-refractivity contribution in [3.8, 4) is 0 Å². The minimum atomic E-state index is -3.40. The monoisotopic (exact) mass is 458 g/mol. The van der Waals surface area contributed by atoms with E-state index in [4.69, 9.17) is 11.6 Å². The van der Waals surface area contributed by atoms with Crippen molar-refractivity contribution in [2.45, 2.75) is 96.8 Å². The zero-order valence-corrected chi connectivity index (χ0v) is 20.0. The van der Waals surface area contributed by atoms with E-state index in [9.17, 15) is 13.2 Å². The number of carbonyl (C=O) groups is 1. The minimum absolute atomic E-state index is 0.101. The van der Waals surface area contributed by atoms with E-state index in [0.717, 1.165) is 12.8 Å². The molecule has 30 heavy (non-hydrogen) atoms. The van der Waals surface area contributed by atoms with Crippen LogP contribution >= 0.6 is 11.6 Å². The molecule has 0 bridgehead atoms. The first kappa shape index (κ1) is 26.8. The van der Waals surface area contributed by atoms with E-state index in [2.05, 4.69) is 17.0 Å². The molecule has 1 aromatic carbocycles. The summed E-state index contributed by atoms with van der Waals surface area (Å²) in [7, 11) is -3.40. The summed E-state index contributed by atoms with van der Waals surface area (Å²) in [5, 5.41) is 2.81. The topological polar surface area (TPSA) is 75.3 Å². The molecule has 5 nitrogen and oxygen atoms in total. The van der Waals surface area contributed by atoms with Crippen LogP contribution in [0.5, 0.6) is 0 Å². The Balaban J connectivity index is 2.07. The fourth-order valence-corrected chi connectivity index (χ4v) is 4.82. The highest BCUT2D eigenvalue weighted by Crippen LogP contribution is 2.25. The van der Waals surface area contributed by atoms with E-state index in [1.54, 1.807) is 12.1 Å². The van der Waals surface area contributed by atoms with E-state index >= 15 is 0 Å². The number of benzene rings is 1. The number of unbranched alkanes of at least 4 members (excludes halogenated alkanes) is 13. The van der Waals surface area contributed by atoms with Crippen molar-refractivity contribution >= 4 is 39.4 Å². The number of amides is 1. The zero-order valence-electron chi connectivity index (χ0n) is 18.4. The van der Waals surface area contributed by atoms with Gasteiger partial charge in [0.05, 0.1) is 22.2 Å². The van der Waals surface area contributed by atoms with E-state index in [-0.39, 0.29) is 5.75 Å². The molecule has 2 N–H and O–H groups in total. The normalized spacial score (nSPS) is 11.4. The molecule has 0 atom stereocenters. The molecule has 0 radical (unpaired) electrons. The molecule has 0 saturated heterocycles. The summed E-state index contributed by atoms with van der Waals surface area (Å²) in [6.07, 6.45) is 17.8. The molecule has 1 rings (SSSR count). The van der Waals surface area contributed by atoms with E-state index in [0.29, 0.717) is 29.2 Å². The Morgan fingerprint density at radius 1 is 0.833 bits per heavy atom. The standard InChI is InChI=1S/C23H39ClN2O3S/c1-2-3-4-5-6-7-8-9-10-11-12-13-14-15-18-30(28,29)26-21-16-17-22(24)23(19-21)25-20-27/h16-17,19-20,26H,2-15,18H2,1H3,(H,25,27). The first-order chi connectivity index (χ1) is 14.5. The van der Waals surface area contributed by atoms with Gasteiger partial charge in [-0.3, -0.25) is 9.52 Å². The molecule has 0 aliphatic carbocycles. The molecule has 0 aliphatic rings. The quantitative estimate of drug-likeness (QED) is 0.171. The van der Waals surface area contributed by atoms with Gasteiger partial charge in [-0.15, -0.1) is 0 Å². The molecule has 0 aromatic heterocycles. The first-order valence-corrected chi connectivity index (χ1v) is 13.5. The molecule has 1 aromatic rings. The minimum Gasteiger partial charge on any atom is -0.327 e. The molecule has 0 spiro atoms. The number of rotatable bonds is 19. The second kappa shape index (κ2) is 16.4. The number of hydrogen-bond acceptors (Lipinski definition) is 3. The molecular formula is C23H39ClN2O3S. The molecule has 0 unspecified atom stereocenters. The van der Waals surface area contributed by atoms with E-state index in [1.807, 2.05) is 0 Å². The van der Waals surface area contributed by atoms with Crippen LogP contribution < -0.4 is 10.0 Å². The number of hydrogen-bond donors (Lipinski definition) is 2. The van der Waals surface area contributed by atoms with Crippen LogP contribution in [0, 0.1) is 0 Å². The van der Waals surface area contributed by atoms with Gasteiger partial charge in [0.15, 0.2) is 0 Å². The Kier molecular flexibility index (Phi) is 14.7. The largest absolute Gasteiger partial charge is 0.327 e. The molecule has 0 heterocycles. The lowest BCUT2D eigenvalue weighted by molar-refractivity contribution is -0.105. The maximum atomic E-state index is 12.2. The van der Waals surface area contributed by atoms with Crippen molar-refractivity contribution in [3.63, 3.8) is 0 Å². The second-order valence-corrected chi connectivity index (χ2v) is 10.2. The molecule has 0 saturated carbocycles. The van der Waals surface area contributed by atoms with Gasteiger partial charge in [-0.05, 0) is 24.6 Å². The van der Waals surface area contributed by atoms with Crippen LogP contribution in [0.15, 0.2) is 18.2 Å². The van der Waals surface area contributed by atoms with E-state index < -0.39 is 10.0 Å². The Morgan fingerprint density at radius 2 is 1.33 bits per heavy atom. The predicted octanol–water partition coefficient (Wildman–Crippen LogP) is 7.13. The molecule has 0 aliphatic heterocycles. The summed E-state index contributed by atoms with van der Waals surface area (Å²) in [4.78, 5) is 10.6. The summed E-state index contributed by atoms with van der Waals surface area (Å²) < 4.78 is 27.0. The number of carbonyl (C=O) groups excluding carboxylic acids is 1. The van der Waals surface area contributed by atoms with Crippen LogP contribution in [0.1, 0.15) is 96.8 Å². The highest BCUT2D eigenvalue weighted by molar-refractivity contribution is 7.92. The Labute approximate surface area is 188 Å². The summed E-state index contributed by atoms with van der Waals surface area (Å²) in [6, 6.07) is 4.65. The third kappa shape index (κ3) is 13.1. The average molecular weight is 459 g/mol. The molecule has 172 valence electrons. The van der Waals surface area contributed by atoms with Crippen molar-refractivity contribution in [2.24, 2.45) is 0 Å². The van der Waals surface area contributed by atoms with Crippen LogP contribution in [0.4, 0.5) is 11.4 Å². The Morgan fingerprint density at radius 3 is 1.83 bits per heavy atom. The Bertz CT molecular complexity index is 696. The highest BCUT2D eigenvalue weighted by Gasteiger charge is 2.11. The van der Waals surface area contributed by atoms with Gasteiger partial charge >= 0.3 is 0 Å². The molecule has 7 heteroatoms. The second-order valence-electron chi connectivity index (χ2n) is 7.97. The van der Waals surface area contributed by atoms with Gasteiger partial charge in [-0.2, -0.15) is 0 Å². The number of sulfonamides is 1. The number of halogens is 1. The van der Waals surface area contributed by atoms with Crippen molar-refractivity contribution in [3.05, 3.63) is 23.2 Å². The third-order valence-corrected chi connectivity index (χ3v) is 6.92. The lowest BCUT2D eigenvalue weighted by Crippen LogP contribution is -2.16. The fraction of sp³-hybridized carbons (Fsp3) is 0.696. The van der Waals surface area contributed by atoms with Gasteiger partial charge < -0.3 is 5.32 Å². The first-order valence-electron chi connectivity index (χ1n) is 11.5. The summed E-state index contributed by atoms with van der Waals surface area (Å²) in [6.45, 7) is 2.25. The van der Waals surface area contributed by atoms with Crippen LogP contribution in [0.25, 0.3) is 0 Å². The third-order valence-electron chi connectivity index (χ3n) is 5.22. The van der Waals surface area contributed by atoms with Gasteiger partial charge in [0, 0.05) is 0 Å². The molecular weight excluding hydrogens is 420 g/mol. The maximum Gasteiger partial charge on any atom is 0.232 e. The van der Waals surface area contributed by atoms with Crippen LogP contribution in [-0.2, 0) is 14.8 Å². The molecule has 0 fully saturated rings. The van der Waals surface area contributed by atoms with E-state index in [1.165, 1.54) is 76.7 Å². The van der Waals surface area contributed by atoms with Crippen molar-refractivity contribution in [2.75, 3.05) is 15.8 Å². The zero-order chi connectivity index (χ0) is 22.1. The Hall–Kier alpha value is -1.27. The lowest BCUT2D eigenvalue weighted by Gasteiger charge is -2.10. The summed E-state index contributed by atoms with van der Waals surface area (Å²) in [5.41, 5.74) is 0.775. The maximum absolute atomic E-state index is 12.2. The van der Waals surface area contributed by atoms with Crippen LogP contribution in [0.2, 0.25) is 5.02 Å². The summed E-state index contributed by atoms with van der Waals surface area (Å²) in [5.74, 6) is 0.101. The SMILES string of the molecule is CCCCCCCCCCCCCCCCS(=O)(=O)Nc1ccc(Cl)c(NC=O)c1. The smallest absolute Gasteiger partial charge is 0.232 e. The number of anilines is 2. The van der Waals surface area contributed by atoms with Gasteiger partial charge in [-0.1, -0.05) is 102 Å². The van der Waals surface area contributed by atoms with Crippen molar-refractivity contribution in [1.29, 1.82) is 0 Å². The van der Waals surface area contributed by atoms with Gasteiger partial charge in [0.2, 0.25) is 16.4 Å². The molecule has 1 amide bonds. The summed E-state index contributed by atoms with van der Waals surface area (Å²) >= 11 is 5.95. The fourth-order valence-electron chi connectivity index (χ4n) is 3.48. The van der Waals surface area contributed by atoms with Crippen LogP contribution in [0.3, 0.4) is 0 Å². The van der Waals surface area contributed by atoms with Gasteiger partial charge in [0.1, 0.15) is 0 Å². The van der Waals surface area contributed by atoms with Gasteiger partial charge in [-0.25, -0.2) is 8.42 Å². The number of nitrogens with one attached hydrogen (secondary N) is 2.